The average Bonchev–Trinajstić information content (AvgIpc) is 3.28. The number of imidazole rings is 1. The zero-order valence-corrected chi connectivity index (χ0v) is 20.8. The summed E-state index contributed by atoms with van der Waals surface area (Å²) in [6.07, 6.45) is 12.1. The van der Waals surface area contributed by atoms with Gasteiger partial charge in [-0.1, -0.05) is 38.1 Å². The van der Waals surface area contributed by atoms with Gasteiger partial charge in [-0.05, 0) is 68.7 Å². The highest BCUT2D eigenvalue weighted by Gasteiger charge is 2.53. The topological polar surface area (TPSA) is 87.2 Å². The fraction of sp³-hybridized carbons (Fsp3) is 0.500. The number of carbonyl (C=O) groups is 1. The van der Waals surface area contributed by atoms with Crippen molar-refractivity contribution in [3.05, 3.63) is 65.3 Å². The van der Waals surface area contributed by atoms with Crippen LogP contribution in [-0.2, 0) is 10.3 Å². The van der Waals surface area contributed by atoms with Crippen LogP contribution in [0.15, 0.2) is 42.6 Å². The van der Waals surface area contributed by atoms with Crippen molar-refractivity contribution in [3.8, 4) is 0 Å². The Morgan fingerprint density at radius 1 is 1.15 bits per heavy atom. The maximum atomic E-state index is 12.9. The van der Waals surface area contributed by atoms with Crippen LogP contribution >= 0.6 is 0 Å². The number of fused-ring (bicyclic) bond motifs is 2. The minimum Gasteiger partial charge on any atom is -0.385 e. The standard InChI is InChI=1S/C28H35N3O3/c1-18-15-29-23(30-18)24(32)31-22-7-6-20(14-21(22)19-8-10-25(2,3)11-9-19)28(33)16-26(4)12-13-27(5,17-28)34-26/h6-8,12-15,33H,9-11,16-17H2,1-5H3,(H,29,30)(H,31,32)/t26-,27+,28+. The van der Waals surface area contributed by atoms with Gasteiger partial charge in [0.15, 0.2) is 5.82 Å². The number of hydrogen-bond donors (Lipinski definition) is 3. The van der Waals surface area contributed by atoms with Crippen LogP contribution in [0.25, 0.3) is 5.57 Å². The summed E-state index contributed by atoms with van der Waals surface area (Å²) in [6.45, 7) is 10.5. The molecule has 180 valence electrons. The Balaban J connectivity index is 1.53. The maximum absolute atomic E-state index is 12.9. The van der Waals surface area contributed by atoms with E-state index < -0.39 is 16.8 Å². The molecule has 34 heavy (non-hydrogen) atoms. The second-order valence-corrected chi connectivity index (χ2v) is 11.6. The molecule has 0 saturated carbocycles. The van der Waals surface area contributed by atoms with Crippen LogP contribution in [0.2, 0.25) is 0 Å². The van der Waals surface area contributed by atoms with E-state index in [-0.39, 0.29) is 17.1 Å². The molecule has 0 spiro atoms. The second kappa shape index (κ2) is 7.65. The Morgan fingerprint density at radius 2 is 1.85 bits per heavy atom. The van der Waals surface area contributed by atoms with Crippen molar-refractivity contribution in [3.63, 3.8) is 0 Å². The van der Waals surface area contributed by atoms with Gasteiger partial charge in [-0.15, -0.1) is 0 Å². The fourth-order valence-electron chi connectivity index (χ4n) is 5.81. The Morgan fingerprint density at radius 3 is 2.44 bits per heavy atom. The van der Waals surface area contributed by atoms with Crippen LogP contribution in [-0.4, -0.2) is 32.2 Å². The summed E-state index contributed by atoms with van der Waals surface area (Å²) < 4.78 is 6.24. The van der Waals surface area contributed by atoms with Crippen LogP contribution in [0.3, 0.4) is 0 Å². The first kappa shape index (κ1) is 23.1. The number of allylic oxidation sites excluding steroid dienone is 2. The molecule has 1 amide bonds. The number of H-pyrrole nitrogens is 1. The van der Waals surface area contributed by atoms with Gasteiger partial charge in [0.2, 0.25) is 0 Å². The van der Waals surface area contributed by atoms with E-state index in [9.17, 15) is 9.90 Å². The maximum Gasteiger partial charge on any atom is 0.291 e. The molecule has 3 heterocycles. The van der Waals surface area contributed by atoms with Gasteiger partial charge in [0.1, 0.15) is 0 Å². The van der Waals surface area contributed by atoms with E-state index in [0.717, 1.165) is 41.8 Å². The van der Waals surface area contributed by atoms with Gasteiger partial charge in [0.25, 0.3) is 5.91 Å². The van der Waals surface area contributed by atoms with E-state index in [1.165, 1.54) is 5.57 Å². The lowest BCUT2D eigenvalue weighted by atomic mass is 9.74. The van der Waals surface area contributed by atoms with E-state index in [1.54, 1.807) is 6.20 Å². The predicted molar refractivity (Wildman–Crippen MR) is 133 cm³/mol. The number of anilines is 1. The lowest BCUT2D eigenvalue weighted by Gasteiger charge is -2.46. The first-order valence-corrected chi connectivity index (χ1v) is 12.2. The van der Waals surface area contributed by atoms with Crippen LogP contribution in [0.4, 0.5) is 5.69 Å². The first-order chi connectivity index (χ1) is 15.9. The van der Waals surface area contributed by atoms with Crippen LogP contribution in [0, 0.1) is 12.3 Å². The molecular weight excluding hydrogens is 426 g/mol. The number of ether oxygens (including phenoxy) is 1. The van der Waals surface area contributed by atoms with E-state index in [2.05, 4.69) is 53.4 Å². The number of aromatic amines is 1. The van der Waals surface area contributed by atoms with Crippen molar-refractivity contribution in [2.75, 3.05) is 5.32 Å². The second-order valence-electron chi connectivity index (χ2n) is 11.6. The molecule has 3 atom stereocenters. The van der Waals surface area contributed by atoms with Gasteiger partial charge in [0.05, 0.1) is 22.5 Å². The quantitative estimate of drug-likeness (QED) is 0.514. The largest absolute Gasteiger partial charge is 0.385 e. The van der Waals surface area contributed by atoms with Gasteiger partial charge in [-0.2, -0.15) is 0 Å². The van der Waals surface area contributed by atoms with Crippen LogP contribution < -0.4 is 5.32 Å². The van der Waals surface area contributed by atoms with Crippen LogP contribution in [0.1, 0.15) is 87.2 Å². The highest BCUT2D eigenvalue weighted by Crippen LogP contribution is 2.52. The molecule has 3 aliphatic rings. The Bertz CT molecular complexity index is 1190. The molecule has 3 N–H and O–H groups in total. The molecule has 5 rings (SSSR count). The first-order valence-electron chi connectivity index (χ1n) is 12.2. The molecule has 0 radical (unpaired) electrons. The third-order valence-corrected chi connectivity index (χ3v) is 7.59. The summed E-state index contributed by atoms with van der Waals surface area (Å²) in [5, 5.41) is 14.9. The van der Waals surface area contributed by atoms with Gasteiger partial charge in [-0.25, -0.2) is 4.98 Å². The summed E-state index contributed by atoms with van der Waals surface area (Å²) in [6, 6.07) is 5.94. The Hall–Kier alpha value is -2.70. The summed E-state index contributed by atoms with van der Waals surface area (Å²) in [5.74, 6) is 0.0173. The smallest absolute Gasteiger partial charge is 0.291 e. The number of nitrogens with zero attached hydrogens (tertiary/aromatic N) is 1. The number of amides is 1. The van der Waals surface area contributed by atoms with Crippen molar-refractivity contribution in [1.82, 2.24) is 9.97 Å². The van der Waals surface area contributed by atoms with Crippen LogP contribution in [0.5, 0.6) is 0 Å². The highest BCUT2D eigenvalue weighted by atomic mass is 16.5. The molecule has 1 fully saturated rings. The van der Waals surface area contributed by atoms with Crippen molar-refractivity contribution < 1.29 is 14.6 Å². The summed E-state index contributed by atoms with van der Waals surface area (Å²) in [4.78, 5) is 20.1. The number of rotatable bonds is 4. The lowest BCUT2D eigenvalue weighted by Crippen LogP contribution is -2.49. The average molecular weight is 462 g/mol. The highest BCUT2D eigenvalue weighted by molar-refractivity contribution is 6.03. The van der Waals surface area contributed by atoms with Gasteiger partial charge < -0.3 is 20.1 Å². The van der Waals surface area contributed by atoms with Crippen molar-refractivity contribution >= 4 is 17.2 Å². The number of hydrogen-bond acceptors (Lipinski definition) is 4. The van der Waals surface area contributed by atoms with E-state index in [0.29, 0.717) is 12.8 Å². The fourth-order valence-corrected chi connectivity index (χ4v) is 5.81. The predicted octanol–water partition coefficient (Wildman–Crippen LogP) is 5.65. The molecule has 1 aliphatic carbocycles. The molecule has 2 aliphatic heterocycles. The number of aryl methyl sites for hydroxylation is 1. The van der Waals surface area contributed by atoms with Gasteiger partial charge in [0, 0.05) is 30.3 Å². The lowest BCUT2D eigenvalue weighted by molar-refractivity contribution is -0.186. The number of carbonyl (C=O) groups excluding carboxylic acids is 1. The molecule has 1 saturated heterocycles. The molecule has 1 aromatic carbocycles. The molecular formula is C28H35N3O3. The third kappa shape index (κ3) is 4.25. The van der Waals surface area contributed by atoms with E-state index in [4.69, 9.17) is 4.74 Å². The molecule has 2 bridgehead atoms. The zero-order valence-electron chi connectivity index (χ0n) is 20.8. The molecule has 6 nitrogen and oxygen atoms in total. The number of benzene rings is 1. The summed E-state index contributed by atoms with van der Waals surface area (Å²) in [5.41, 5.74) is 2.83. The van der Waals surface area contributed by atoms with Crippen molar-refractivity contribution in [2.24, 2.45) is 5.41 Å². The Labute approximate surface area is 201 Å². The molecule has 2 aromatic rings. The zero-order chi connectivity index (χ0) is 24.4. The van der Waals surface area contributed by atoms with E-state index in [1.807, 2.05) is 32.9 Å². The van der Waals surface area contributed by atoms with Gasteiger partial charge in [-0.3, -0.25) is 4.79 Å². The van der Waals surface area contributed by atoms with Gasteiger partial charge >= 0.3 is 0 Å². The Kier molecular flexibility index (Phi) is 5.19. The van der Waals surface area contributed by atoms with Crippen molar-refractivity contribution in [1.29, 1.82) is 0 Å². The monoisotopic (exact) mass is 461 g/mol. The SMILES string of the molecule is Cc1c[nH]c(C(=O)Nc2ccc([C@@]3(O)C[C@]4(C)C=C[C@](C)(C3)O4)cc2C2=CCC(C)(C)CC2)n1. The minimum atomic E-state index is -1.02. The normalized spacial score (nSPS) is 31.9. The third-order valence-electron chi connectivity index (χ3n) is 7.59. The molecule has 0 unspecified atom stereocenters. The number of aliphatic hydroxyl groups is 1. The van der Waals surface area contributed by atoms with E-state index >= 15 is 0 Å². The minimum absolute atomic E-state index is 0.267. The molecule has 6 heteroatoms. The summed E-state index contributed by atoms with van der Waals surface area (Å²) in [7, 11) is 0. The summed E-state index contributed by atoms with van der Waals surface area (Å²) >= 11 is 0. The van der Waals surface area contributed by atoms with Crippen molar-refractivity contribution in [2.45, 2.75) is 83.5 Å². The number of aromatic nitrogens is 2. The number of nitrogens with one attached hydrogen (secondary N) is 2. The molecule has 1 aromatic heterocycles.